The van der Waals surface area contributed by atoms with Crippen LogP contribution in [-0.4, -0.2) is 22.8 Å². The van der Waals surface area contributed by atoms with Crippen molar-refractivity contribution in [3.05, 3.63) is 28.2 Å². The summed E-state index contributed by atoms with van der Waals surface area (Å²) in [5, 5.41) is 11.4. The summed E-state index contributed by atoms with van der Waals surface area (Å²) >= 11 is 3.28. The van der Waals surface area contributed by atoms with Crippen LogP contribution in [0, 0.1) is 0 Å². The van der Waals surface area contributed by atoms with Gasteiger partial charge in [0.25, 0.3) is 0 Å². The monoisotopic (exact) mass is 329 g/mol. The van der Waals surface area contributed by atoms with E-state index in [1.54, 1.807) is 39.0 Å². The second kappa shape index (κ2) is 6.06. The molecule has 0 fully saturated rings. The van der Waals surface area contributed by atoms with Crippen molar-refractivity contribution in [1.29, 1.82) is 0 Å². The van der Waals surface area contributed by atoms with E-state index in [-0.39, 0.29) is 6.42 Å². The van der Waals surface area contributed by atoms with Gasteiger partial charge in [-0.15, -0.1) is 0 Å². The number of benzene rings is 1. The molecule has 0 unspecified atom stereocenters. The van der Waals surface area contributed by atoms with Crippen molar-refractivity contribution in [3.8, 4) is 0 Å². The quantitative estimate of drug-likeness (QED) is 0.890. The molecule has 1 aromatic rings. The Morgan fingerprint density at radius 1 is 1.37 bits per heavy atom. The van der Waals surface area contributed by atoms with Crippen LogP contribution < -0.4 is 5.32 Å². The first-order valence-electron chi connectivity index (χ1n) is 5.68. The smallest absolute Gasteiger partial charge is 0.412 e. The summed E-state index contributed by atoms with van der Waals surface area (Å²) in [7, 11) is 0. The topological polar surface area (TPSA) is 75.6 Å². The third-order valence-electron chi connectivity index (χ3n) is 2.06. The van der Waals surface area contributed by atoms with Gasteiger partial charge in [0.2, 0.25) is 0 Å². The molecule has 0 aliphatic heterocycles. The predicted octanol–water partition coefficient (Wildman–Crippen LogP) is 3.42. The normalized spacial score (nSPS) is 10.9. The number of carbonyl (C=O) groups is 2. The molecule has 0 saturated heterocycles. The Labute approximate surface area is 120 Å². The zero-order valence-electron chi connectivity index (χ0n) is 11.0. The number of hydrogen-bond acceptors (Lipinski definition) is 3. The van der Waals surface area contributed by atoms with Crippen molar-refractivity contribution in [2.24, 2.45) is 0 Å². The molecular formula is C13H16BrNO4. The number of aliphatic carboxylic acids is 1. The molecule has 0 spiro atoms. The molecule has 19 heavy (non-hydrogen) atoms. The third kappa shape index (κ3) is 5.30. The highest BCUT2D eigenvalue weighted by molar-refractivity contribution is 9.10. The van der Waals surface area contributed by atoms with Gasteiger partial charge in [-0.1, -0.05) is 12.1 Å². The lowest BCUT2D eigenvalue weighted by Gasteiger charge is -2.20. The number of rotatable bonds is 3. The number of ether oxygens (including phenoxy) is 1. The van der Waals surface area contributed by atoms with Crippen molar-refractivity contribution < 1.29 is 19.4 Å². The molecule has 1 aromatic carbocycles. The molecule has 104 valence electrons. The van der Waals surface area contributed by atoms with Crippen molar-refractivity contribution >= 4 is 33.7 Å². The van der Waals surface area contributed by atoms with E-state index in [9.17, 15) is 9.59 Å². The zero-order valence-corrected chi connectivity index (χ0v) is 12.6. The fourth-order valence-electron chi connectivity index (χ4n) is 1.39. The van der Waals surface area contributed by atoms with Crippen molar-refractivity contribution in [2.45, 2.75) is 32.8 Å². The van der Waals surface area contributed by atoms with Gasteiger partial charge in [0.15, 0.2) is 0 Å². The molecule has 1 amide bonds. The highest BCUT2D eigenvalue weighted by atomic mass is 79.9. The Kier molecular flexibility index (Phi) is 4.94. The van der Waals surface area contributed by atoms with Gasteiger partial charge >= 0.3 is 12.1 Å². The maximum absolute atomic E-state index is 11.6. The minimum absolute atomic E-state index is 0.121. The van der Waals surface area contributed by atoms with Crippen LogP contribution in [0.4, 0.5) is 10.5 Å². The van der Waals surface area contributed by atoms with E-state index in [1.807, 2.05) is 0 Å². The molecular weight excluding hydrogens is 314 g/mol. The SMILES string of the molecule is CC(C)(C)OC(=O)Nc1cccc(CC(=O)O)c1Br. The predicted molar refractivity (Wildman–Crippen MR) is 75.3 cm³/mol. The molecule has 0 heterocycles. The summed E-state index contributed by atoms with van der Waals surface area (Å²) in [6.45, 7) is 5.30. The lowest BCUT2D eigenvalue weighted by molar-refractivity contribution is -0.136. The average molecular weight is 330 g/mol. The average Bonchev–Trinajstić information content (AvgIpc) is 2.20. The first-order chi connectivity index (χ1) is 8.69. The molecule has 0 aromatic heterocycles. The lowest BCUT2D eigenvalue weighted by atomic mass is 10.1. The number of amides is 1. The standard InChI is InChI=1S/C13H16BrNO4/c1-13(2,3)19-12(18)15-9-6-4-5-8(11(9)14)7-10(16)17/h4-6H,7H2,1-3H3,(H,15,18)(H,16,17). The van der Waals surface area contributed by atoms with Gasteiger partial charge in [0.1, 0.15) is 5.60 Å². The van der Waals surface area contributed by atoms with Crippen LogP contribution in [0.25, 0.3) is 0 Å². The number of halogens is 1. The highest BCUT2D eigenvalue weighted by Crippen LogP contribution is 2.27. The molecule has 0 saturated carbocycles. The lowest BCUT2D eigenvalue weighted by Crippen LogP contribution is -2.27. The minimum atomic E-state index is -0.935. The van der Waals surface area contributed by atoms with E-state index in [4.69, 9.17) is 9.84 Å². The molecule has 5 nitrogen and oxygen atoms in total. The first kappa shape index (κ1) is 15.5. The molecule has 0 radical (unpaired) electrons. The number of anilines is 1. The largest absolute Gasteiger partial charge is 0.481 e. The fraction of sp³-hybridized carbons (Fsp3) is 0.385. The Hall–Kier alpha value is -1.56. The summed E-state index contributed by atoms with van der Waals surface area (Å²) in [6, 6.07) is 5.02. The van der Waals surface area contributed by atoms with Crippen molar-refractivity contribution in [1.82, 2.24) is 0 Å². The number of carbonyl (C=O) groups excluding carboxylic acids is 1. The van der Waals surface area contributed by atoms with E-state index < -0.39 is 17.7 Å². The van der Waals surface area contributed by atoms with Crippen LogP contribution in [0.2, 0.25) is 0 Å². The van der Waals surface area contributed by atoms with E-state index in [0.717, 1.165) is 0 Å². The van der Waals surface area contributed by atoms with E-state index in [0.29, 0.717) is 15.7 Å². The number of carboxylic acid groups (broad SMARTS) is 1. The third-order valence-corrected chi connectivity index (χ3v) is 2.99. The fourth-order valence-corrected chi connectivity index (χ4v) is 1.89. The second-order valence-electron chi connectivity index (χ2n) is 4.98. The summed E-state index contributed by atoms with van der Waals surface area (Å²) in [6.07, 6.45) is -0.703. The van der Waals surface area contributed by atoms with Gasteiger partial charge in [-0.25, -0.2) is 4.79 Å². The number of carboxylic acids is 1. The van der Waals surface area contributed by atoms with Crippen LogP contribution in [0.15, 0.2) is 22.7 Å². The molecule has 0 aliphatic rings. The Bertz CT molecular complexity index is 494. The molecule has 0 bridgehead atoms. The Morgan fingerprint density at radius 3 is 2.53 bits per heavy atom. The van der Waals surface area contributed by atoms with Crippen LogP contribution in [0.5, 0.6) is 0 Å². The van der Waals surface area contributed by atoms with Gasteiger partial charge in [0.05, 0.1) is 12.1 Å². The van der Waals surface area contributed by atoms with E-state index in [2.05, 4.69) is 21.2 Å². The summed E-state index contributed by atoms with van der Waals surface area (Å²) in [5.41, 5.74) is 0.476. The molecule has 1 rings (SSSR count). The molecule has 0 aliphatic carbocycles. The van der Waals surface area contributed by atoms with Gasteiger partial charge in [0, 0.05) is 4.47 Å². The summed E-state index contributed by atoms with van der Waals surface area (Å²) < 4.78 is 5.68. The van der Waals surface area contributed by atoms with Crippen LogP contribution >= 0.6 is 15.9 Å². The first-order valence-corrected chi connectivity index (χ1v) is 6.47. The van der Waals surface area contributed by atoms with Crippen molar-refractivity contribution in [3.63, 3.8) is 0 Å². The van der Waals surface area contributed by atoms with Gasteiger partial charge in [-0.3, -0.25) is 10.1 Å². The minimum Gasteiger partial charge on any atom is -0.481 e. The molecule has 6 heteroatoms. The van der Waals surface area contributed by atoms with E-state index >= 15 is 0 Å². The molecule has 0 atom stereocenters. The number of nitrogens with one attached hydrogen (secondary N) is 1. The maximum Gasteiger partial charge on any atom is 0.412 e. The summed E-state index contributed by atoms with van der Waals surface area (Å²) in [5.74, 6) is -0.935. The highest BCUT2D eigenvalue weighted by Gasteiger charge is 2.17. The number of hydrogen-bond donors (Lipinski definition) is 2. The summed E-state index contributed by atoms with van der Waals surface area (Å²) in [4.78, 5) is 22.4. The Balaban J connectivity index is 2.85. The van der Waals surface area contributed by atoms with E-state index in [1.165, 1.54) is 0 Å². The van der Waals surface area contributed by atoms with Crippen LogP contribution in [0.1, 0.15) is 26.3 Å². The molecule has 2 N–H and O–H groups in total. The van der Waals surface area contributed by atoms with Gasteiger partial charge in [-0.05, 0) is 48.3 Å². The maximum atomic E-state index is 11.6. The Morgan fingerprint density at radius 2 is 2.00 bits per heavy atom. The zero-order chi connectivity index (χ0) is 14.6. The van der Waals surface area contributed by atoms with Crippen molar-refractivity contribution in [2.75, 3.05) is 5.32 Å². The van der Waals surface area contributed by atoms with Gasteiger partial charge < -0.3 is 9.84 Å². The second-order valence-corrected chi connectivity index (χ2v) is 5.77. The van der Waals surface area contributed by atoms with Crippen LogP contribution in [0.3, 0.4) is 0 Å². The van der Waals surface area contributed by atoms with Crippen LogP contribution in [-0.2, 0) is 16.0 Å². The van der Waals surface area contributed by atoms with Gasteiger partial charge in [-0.2, -0.15) is 0 Å².